The van der Waals surface area contributed by atoms with Crippen LogP contribution in [0.5, 0.6) is 5.75 Å². The van der Waals surface area contributed by atoms with Gasteiger partial charge in [0.2, 0.25) is 17.7 Å². The van der Waals surface area contributed by atoms with Crippen LogP contribution in [0.3, 0.4) is 0 Å². The first-order valence-electron chi connectivity index (χ1n) is 14.7. The van der Waals surface area contributed by atoms with Crippen LogP contribution in [-0.4, -0.2) is 73.0 Å². The van der Waals surface area contributed by atoms with Crippen LogP contribution in [0.2, 0.25) is 0 Å². The Bertz CT molecular complexity index is 1600. The van der Waals surface area contributed by atoms with Crippen molar-refractivity contribution in [2.24, 2.45) is 11.7 Å². The van der Waals surface area contributed by atoms with E-state index in [0.29, 0.717) is 17.7 Å². The highest BCUT2D eigenvalue weighted by atomic mass is 16.4. The molecule has 9 N–H and O–H groups in total. The molecule has 0 spiro atoms. The number of nitrogens with one attached hydrogen (secondary N) is 5. The van der Waals surface area contributed by atoms with Crippen LogP contribution in [0.15, 0.2) is 67.3 Å². The number of benzene rings is 2. The van der Waals surface area contributed by atoms with Gasteiger partial charge in [0, 0.05) is 48.3 Å². The quantitative estimate of drug-likeness (QED) is 0.0977. The second-order valence-electron chi connectivity index (χ2n) is 11.2. The van der Waals surface area contributed by atoms with Crippen molar-refractivity contribution in [1.82, 2.24) is 30.9 Å². The highest BCUT2D eigenvalue weighted by molar-refractivity contribution is 5.94. The van der Waals surface area contributed by atoms with Crippen molar-refractivity contribution < 1.29 is 29.4 Å². The highest BCUT2D eigenvalue weighted by Gasteiger charge is 2.33. The van der Waals surface area contributed by atoms with Gasteiger partial charge in [0.15, 0.2) is 0 Å². The Morgan fingerprint density at radius 2 is 1.60 bits per heavy atom. The molecule has 2 aromatic carbocycles. The van der Waals surface area contributed by atoms with Gasteiger partial charge >= 0.3 is 5.97 Å². The summed E-state index contributed by atoms with van der Waals surface area (Å²) in [7, 11) is 0. The first-order chi connectivity index (χ1) is 21.5. The number of carbonyl (C=O) groups is 4. The number of phenols is 1. The lowest BCUT2D eigenvalue weighted by molar-refractivity contribution is -0.142. The molecule has 0 fully saturated rings. The summed E-state index contributed by atoms with van der Waals surface area (Å²) in [5.41, 5.74) is 8.98. The Morgan fingerprint density at radius 1 is 0.889 bits per heavy atom. The molecule has 0 aliphatic heterocycles. The summed E-state index contributed by atoms with van der Waals surface area (Å²) in [5.74, 6) is -3.43. The third-order valence-electron chi connectivity index (χ3n) is 7.85. The molecule has 4 aromatic rings. The molecule has 0 aliphatic carbocycles. The van der Waals surface area contributed by atoms with Gasteiger partial charge in [0.05, 0.1) is 12.4 Å². The minimum atomic E-state index is -1.26. The topological polar surface area (TPSA) is 215 Å². The number of amides is 3. The maximum absolute atomic E-state index is 13.7. The molecule has 45 heavy (non-hydrogen) atoms. The molecule has 238 valence electrons. The molecular formula is C32H39N7O6. The maximum atomic E-state index is 13.7. The Hall–Kier alpha value is -5.17. The van der Waals surface area contributed by atoms with Crippen LogP contribution >= 0.6 is 0 Å². The third kappa shape index (κ3) is 8.70. The number of rotatable bonds is 15. The summed E-state index contributed by atoms with van der Waals surface area (Å²) < 4.78 is 0. The summed E-state index contributed by atoms with van der Waals surface area (Å²) in [6.07, 6.45) is 5.46. The van der Waals surface area contributed by atoms with Crippen LogP contribution in [0.25, 0.3) is 10.9 Å². The lowest BCUT2D eigenvalue weighted by atomic mass is 9.96. The van der Waals surface area contributed by atoms with Gasteiger partial charge in [0.1, 0.15) is 23.9 Å². The number of nitrogens with two attached hydrogens (primary N) is 1. The number of fused-ring (bicyclic) bond motifs is 1. The molecule has 2 aromatic heterocycles. The summed E-state index contributed by atoms with van der Waals surface area (Å²) >= 11 is 0. The van der Waals surface area contributed by atoms with Crippen molar-refractivity contribution in [1.29, 1.82) is 0 Å². The van der Waals surface area contributed by atoms with Gasteiger partial charge in [-0.1, -0.05) is 50.6 Å². The van der Waals surface area contributed by atoms with Crippen molar-refractivity contribution in [3.63, 3.8) is 0 Å². The molecule has 2 heterocycles. The van der Waals surface area contributed by atoms with Crippen molar-refractivity contribution in [3.8, 4) is 5.75 Å². The van der Waals surface area contributed by atoms with E-state index in [-0.39, 0.29) is 30.9 Å². The maximum Gasteiger partial charge on any atom is 0.326 e. The van der Waals surface area contributed by atoms with Crippen molar-refractivity contribution in [3.05, 3.63) is 84.1 Å². The Balaban J connectivity index is 1.51. The predicted octanol–water partition coefficient (Wildman–Crippen LogP) is 1.54. The van der Waals surface area contributed by atoms with Gasteiger partial charge in [-0.25, -0.2) is 9.78 Å². The number of hydrogen-bond donors (Lipinski definition) is 8. The standard InChI is InChI=1S/C32H39N7O6/c1-3-18(2)28(31(43)38-27(32(44)45)13-20-15-35-25-7-5-4-6-23(20)25)39-30(42)26(12-19-8-10-22(40)11-9-19)37-29(41)24(33)14-21-16-34-17-36-21/h4-11,15-18,24,26-28,35,40H,3,12-14,33H2,1-2H3,(H,34,36)(H,37,41)(H,38,43)(H,39,42)(H,44,45). The summed E-state index contributed by atoms with van der Waals surface area (Å²) in [6, 6.07) is 9.15. The highest BCUT2D eigenvalue weighted by Crippen LogP contribution is 2.20. The number of carboxylic acids is 1. The number of aliphatic carboxylic acids is 1. The molecular weight excluding hydrogens is 578 g/mol. The number of carboxylic acid groups (broad SMARTS) is 1. The molecule has 3 amide bonds. The van der Waals surface area contributed by atoms with Gasteiger partial charge in [0.25, 0.3) is 0 Å². The lowest BCUT2D eigenvalue weighted by Crippen LogP contribution is -2.59. The van der Waals surface area contributed by atoms with E-state index in [1.165, 1.54) is 18.5 Å². The molecule has 4 rings (SSSR count). The Labute approximate surface area is 260 Å². The molecule has 0 saturated heterocycles. The van der Waals surface area contributed by atoms with Gasteiger partial charge < -0.3 is 41.9 Å². The zero-order chi connectivity index (χ0) is 32.5. The van der Waals surface area contributed by atoms with Crippen molar-refractivity contribution in [2.75, 3.05) is 0 Å². The van der Waals surface area contributed by atoms with Gasteiger partial charge in [-0.05, 0) is 35.2 Å². The molecule has 0 radical (unpaired) electrons. The normalized spacial score (nSPS) is 14.6. The fourth-order valence-corrected chi connectivity index (χ4v) is 5.02. The van der Waals surface area contributed by atoms with E-state index in [1.54, 1.807) is 31.5 Å². The van der Waals surface area contributed by atoms with E-state index in [2.05, 4.69) is 30.9 Å². The van der Waals surface area contributed by atoms with Crippen LogP contribution in [-0.2, 0) is 38.4 Å². The average molecular weight is 618 g/mol. The van der Waals surface area contributed by atoms with Crippen LogP contribution in [0.1, 0.15) is 37.1 Å². The number of aromatic amines is 2. The SMILES string of the molecule is CCC(C)C(NC(=O)C(Cc1ccc(O)cc1)NC(=O)C(N)Cc1cnc[nH]1)C(=O)NC(Cc1c[nH]c2ccccc12)C(=O)O. The van der Waals surface area contributed by atoms with E-state index >= 15 is 0 Å². The molecule has 13 heteroatoms. The number of imidazole rings is 1. The van der Waals surface area contributed by atoms with Gasteiger partial charge in [-0.15, -0.1) is 0 Å². The average Bonchev–Trinajstić information content (AvgIpc) is 3.69. The van der Waals surface area contributed by atoms with E-state index in [0.717, 1.165) is 16.5 Å². The van der Waals surface area contributed by atoms with Gasteiger partial charge in [-0.3, -0.25) is 14.4 Å². The molecule has 0 aliphatic rings. The fraction of sp³-hybridized carbons (Fsp3) is 0.344. The number of nitrogens with zero attached hydrogens (tertiary/aromatic N) is 1. The van der Waals surface area contributed by atoms with Crippen molar-refractivity contribution >= 4 is 34.6 Å². The molecule has 5 atom stereocenters. The van der Waals surface area contributed by atoms with Gasteiger partial charge in [-0.2, -0.15) is 0 Å². The number of carbonyl (C=O) groups excluding carboxylic acids is 3. The molecule has 0 bridgehead atoms. The third-order valence-corrected chi connectivity index (χ3v) is 7.85. The second kappa shape index (κ2) is 15.0. The number of para-hydroxylation sites is 1. The lowest BCUT2D eigenvalue weighted by Gasteiger charge is -2.28. The molecule has 13 nitrogen and oxygen atoms in total. The fourth-order valence-electron chi connectivity index (χ4n) is 5.02. The Morgan fingerprint density at radius 3 is 2.27 bits per heavy atom. The second-order valence-corrected chi connectivity index (χ2v) is 11.2. The number of aromatic nitrogens is 3. The molecule has 5 unspecified atom stereocenters. The number of hydrogen-bond acceptors (Lipinski definition) is 7. The first-order valence-corrected chi connectivity index (χ1v) is 14.7. The zero-order valence-corrected chi connectivity index (χ0v) is 25.1. The largest absolute Gasteiger partial charge is 0.508 e. The molecule has 0 saturated carbocycles. The van der Waals surface area contributed by atoms with Crippen LogP contribution in [0, 0.1) is 5.92 Å². The number of aromatic hydroxyl groups is 1. The minimum absolute atomic E-state index is 0.0278. The van der Waals surface area contributed by atoms with E-state index < -0.39 is 47.9 Å². The smallest absolute Gasteiger partial charge is 0.326 e. The predicted molar refractivity (Wildman–Crippen MR) is 167 cm³/mol. The zero-order valence-electron chi connectivity index (χ0n) is 25.1. The Kier molecular flexibility index (Phi) is 10.9. The number of H-pyrrole nitrogens is 2. The van der Waals surface area contributed by atoms with Crippen molar-refractivity contribution in [2.45, 2.75) is 63.7 Å². The summed E-state index contributed by atoms with van der Waals surface area (Å²) in [5, 5.41) is 28.6. The summed E-state index contributed by atoms with van der Waals surface area (Å²) in [6.45, 7) is 3.62. The van der Waals surface area contributed by atoms with E-state index in [9.17, 15) is 29.4 Å². The van der Waals surface area contributed by atoms with E-state index in [4.69, 9.17) is 5.73 Å². The summed E-state index contributed by atoms with van der Waals surface area (Å²) in [4.78, 5) is 62.5. The van der Waals surface area contributed by atoms with E-state index in [1.807, 2.05) is 31.2 Å². The monoisotopic (exact) mass is 617 g/mol. The first kappa shape index (κ1) is 32.7. The minimum Gasteiger partial charge on any atom is -0.508 e. The van der Waals surface area contributed by atoms with Crippen LogP contribution in [0.4, 0.5) is 0 Å². The number of phenolic OH excluding ortho intramolecular Hbond substituents is 1. The van der Waals surface area contributed by atoms with Crippen LogP contribution < -0.4 is 21.7 Å².